The molecule has 1 aromatic carbocycles. The highest BCUT2D eigenvalue weighted by atomic mass is 79.9. The van der Waals surface area contributed by atoms with Gasteiger partial charge in [-0.25, -0.2) is 0 Å². The normalized spacial score (nSPS) is 10.3. The largest absolute Gasteiger partial charge is 0.369 e. The Balaban J connectivity index is 1.89. The molecule has 5 nitrogen and oxygen atoms in total. The third-order valence-electron chi connectivity index (χ3n) is 3.09. The topological polar surface area (TPSA) is 66.9 Å². The number of hydrogen-bond acceptors (Lipinski definition) is 4. The molecule has 1 amide bonds. The molecule has 0 unspecified atom stereocenters. The molecule has 0 saturated heterocycles. The van der Waals surface area contributed by atoms with Crippen LogP contribution in [0.25, 0.3) is 0 Å². The zero-order valence-corrected chi connectivity index (χ0v) is 14.1. The molecule has 22 heavy (non-hydrogen) atoms. The van der Waals surface area contributed by atoms with Gasteiger partial charge < -0.3 is 10.6 Å². The molecule has 1 aromatic heterocycles. The molecule has 0 aliphatic heterocycles. The Morgan fingerprint density at radius 2 is 1.86 bits per heavy atom. The van der Waals surface area contributed by atoms with Crippen LogP contribution in [0, 0.1) is 0 Å². The smallest absolute Gasteiger partial charge is 0.276 e. The molecule has 2 rings (SSSR count). The summed E-state index contributed by atoms with van der Waals surface area (Å²) in [5, 5.41) is 14.0. The summed E-state index contributed by atoms with van der Waals surface area (Å²) in [6, 6.07) is 10.8. The van der Waals surface area contributed by atoms with Crippen LogP contribution in [0.4, 0.5) is 11.5 Å². The van der Waals surface area contributed by atoms with E-state index in [-0.39, 0.29) is 5.91 Å². The highest BCUT2D eigenvalue weighted by molar-refractivity contribution is 9.10. The van der Waals surface area contributed by atoms with Crippen molar-refractivity contribution in [1.29, 1.82) is 0 Å². The van der Waals surface area contributed by atoms with E-state index in [1.807, 2.05) is 24.3 Å². The van der Waals surface area contributed by atoms with Gasteiger partial charge in [0, 0.05) is 16.7 Å². The number of unbranched alkanes of at least 4 members (excludes halogenated alkanes) is 2. The Bertz CT molecular complexity index is 599. The molecule has 116 valence electrons. The number of anilines is 2. The third kappa shape index (κ3) is 5.11. The number of halogens is 1. The maximum atomic E-state index is 12.1. The summed E-state index contributed by atoms with van der Waals surface area (Å²) in [4.78, 5) is 12.1. The molecule has 0 bridgehead atoms. The second-order valence-corrected chi connectivity index (χ2v) is 5.81. The van der Waals surface area contributed by atoms with Crippen molar-refractivity contribution in [2.24, 2.45) is 0 Å². The van der Waals surface area contributed by atoms with Crippen LogP contribution in [0.2, 0.25) is 0 Å². The van der Waals surface area contributed by atoms with Crippen molar-refractivity contribution >= 4 is 33.3 Å². The van der Waals surface area contributed by atoms with E-state index in [1.54, 1.807) is 12.1 Å². The number of carbonyl (C=O) groups is 1. The maximum absolute atomic E-state index is 12.1. The number of nitrogens with one attached hydrogen (secondary N) is 2. The molecule has 0 aliphatic carbocycles. The fraction of sp³-hybridized carbons (Fsp3) is 0.312. The third-order valence-corrected chi connectivity index (χ3v) is 3.61. The average Bonchev–Trinajstić information content (AvgIpc) is 2.54. The van der Waals surface area contributed by atoms with E-state index >= 15 is 0 Å². The van der Waals surface area contributed by atoms with Gasteiger partial charge in [-0.2, -0.15) is 0 Å². The summed E-state index contributed by atoms with van der Waals surface area (Å²) in [6.07, 6.45) is 3.47. The SMILES string of the molecule is CCCCCNc1ccc(C(=O)Nc2ccc(Br)cc2)nn1. The number of carbonyl (C=O) groups excluding carboxylic acids is 1. The Morgan fingerprint density at radius 3 is 2.50 bits per heavy atom. The van der Waals surface area contributed by atoms with Crippen LogP contribution in [0.1, 0.15) is 36.7 Å². The van der Waals surface area contributed by atoms with Gasteiger partial charge in [-0.1, -0.05) is 35.7 Å². The van der Waals surface area contributed by atoms with Crippen LogP contribution in [0.5, 0.6) is 0 Å². The Labute approximate surface area is 138 Å². The van der Waals surface area contributed by atoms with E-state index in [4.69, 9.17) is 0 Å². The number of aromatic nitrogens is 2. The molecule has 0 fully saturated rings. The minimum Gasteiger partial charge on any atom is -0.369 e. The van der Waals surface area contributed by atoms with Gasteiger partial charge in [-0.15, -0.1) is 10.2 Å². The van der Waals surface area contributed by atoms with E-state index < -0.39 is 0 Å². The summed E-state index contributed by atoms with van der Waals surface area (Å²) in [5.41, 5.74) is 1.01. The summed E-state index contributed by atoms with van der Waals surface area (Å²) in [7, 11) is 0. The van der Waals surface area contributed by atoms with Gasteiger partial charge in [0.05, 0.1) is 0 Å². The quantitative estimate of drug-likeness (QED) is 0.727. The molecular formula is C16H19BrN4O. The molecule has 6 heteroatoms. The van der Waals surface area contributed by atoms with Crippen molar-refractivity contribution in [1.82, 2.24) is 10.2 Å². The van der Waals surface area contributed by atoms with Gasteiger partial charge in [0.2, 0.25) is 0 Å². The van der Waals surface area contributed by atoms with Crippen molar-refractivity contribution < 1.29 is 4.79 Å². The van der Waals surface area contributed by atoms with E-state index in [1.165, 1.54) is 12.8 Å². The fourth-order valence-corrected chi connectivity index (χ4v) is 2.13. The number of amides is 1. The number of benzene rings is 1. The van der Waals surface area contributed by atoms with Crippen LogP contribution in [-0.4, -0.2) is 22.6 Å². The van der Waals surface area contributed by atoms with Crippen molar-refractivity contribution in [2.45, 2.75) is 26.2 Å². The van der Waals surface area contributed by atoms with Gasteiger partial charge in [-0.05, 0) is 42.8 Å². The molecule has 0 atom stereocenters. The van der Waals surface area contributed by atoms with Crippen molar-refractivity contribution in [3.8, 4) is 0 Å². The predicted molar refractivity (Wildman–Crippen MR) is 92.1 cm³/mol. The minimum absolute atomic E-state index is 0.271. The Hall–Kier alpha value is -1.95. The lowest BCUT2D eigenvalue weighted by molar-refractivity contribution is 0.102. The van der Waals surface area contributed by atoms with E-state index in [2.05, 4.69) is 43.7 Å². The molecule has 1 heterocycles. The molecule has 2 aromatic rings. The first kappa shape index (κ1) is 16.4. The first-order valence-corrected chi connectivity index (χ1v) is 8.13. The van der Waals surface area contributed by atoms with Crippen molar-refractivity contribution in [3.05, 3.63) is 46.6 Å². The number of rotatable bonds is 7. The number of hydrogen-bond donors (Lipinski definition) is 2. The standard InChI is InChI=1S/C16H19BrN4O/c1-2-3-4-11-18-15-10-9-14(20-21-15)16(22)19-13-7-5-12(17)6-8-13/h5-10H,2-4,11H2,1H3,(H,18,21)(H,19,22). The van der Waals surface area contributed by atoms with E-state index in [0.29, 0.717) is 11.5 Å². The first-order chi connectivity index (χ1) is 10.7. The molecule has 2 N–H and O–H groups in total. The average molecular weight is 363 g/mol. The lowest BCUT2D eigenvalue weighted by Crippen LogP contribution is -2.15. The van der Waals surface area contributed by atoms with E-state index in [0.717, 1.165) is 23.1 Å². The second-order valence-electron chi connectivity index (χ2n) is 4.90. The summed E-state index contributed by atoms with van der Waals surface area (Å²) >= 11 is 3.35. The summed E-state index contributed by atoms with van der Waals surface area (Å²) in [5.74, 6) is 0.420. The van der Waals surface area contributed by atoms with Crippen molar-refractivity contribution in [2.75, 3.05) is 17.2 Å². The van der Waals surface area contributed by atoms with Crippen LogP contribution in [0.3, 0.4) is 0 Å². The van der Waals surface area contributed by atoms with Crippen LogP contribution < -0.4 is 10.6 Å². The minimum atomic E-state index is -0.271. The second kappa shape index (κ2) is 8.48. The van der Waals surface area contributed by atoms with E-state index in [9.17, 15) is 4.79 Å². The highest BCUT2D eigenvalue weighted by Gasteiger charge is 2.08. The molecule has 0 saturated carbocycles. The van der Waals surface area contributed by atoms with Gasteiger partial charge >= 0.3 is 0 Å². The molecule has 0 aliphatic rings. The summed E-state index contributed by atoms with van der Waals surface area (Å²) < 4.78 is 0.962. The van der Waals surface area contributed by atoms with Gasteiger partial charge in [0.15, 0.2) is 5.69 Å². The Morgan fingerprint density at radius 1 is 1.09 bits per heavy atom. The molecule has 0 spiro atoms. The van der Waals surface area contributed by atoms with Crippen molar-refractivity contribution in [3.63, 3.8) is 0 Å². The highest BCUT2D eigenvalue weighted by Crippen LogP contribution is 2.14. The van der Waals surface area contributed by atoms with Crippen LogP contribution >= 0.6 is 15.9 Å². The van der Waals surface area contributed by atoms with Gasteiger partial charge in [-0.3, -0.25) is 4.79 Å². The zero-order chi connectivity index (χ0) is 15.8. The molecular weight excluding hydrogens is 344 g/mol. The van der Waals surface area contributed by atoms with Crippen LogP contribution in [0.15, 0.2) is 40.9 Å². The van der Waals surface area contributed by atoms with Gasteiger partial charge in [0.1, 0.15) is 5.82 Å². The molecule has 0 radical (unpaired) electrons. The van der Waals surface area contributed by atoms with Crippen LogP contribution in [-0.2, 0) is 0 Å². The number of nitrogens with zero attached hydrogens (tertiary/aromatic N) is 2. The lowest BCUT2D eigenvalue weighted by Gasteiger charge is -2.06. The predicted octanol–water partition coefficient (Wildman–Crippen LogP) is 4.09. The monoisotopic (exact) mass is 362 g/mol. The van der Waals surface area contributed by atoms with Gasteiger partial charge in [0.25, 0.3) is 5.91 Å². The fourth-order valence-electron chi connectivity index (χ4n) is 1.87. The maximum Gasteiger partial charge on any atom is 0.276 e. The summed E-state index contributed by atoms with van der Waals surface area (Å²) in [6.45, 7) is 3.03. The zero-order valence-electron chi connectivity index (χ0n) is 12.5. The Kier molecular flexibility index (Phi) is 6.33. The lowest BCUT2D eigenvalue weighted by atomic mass is 10.2. The first-order valence-electron chi connectivity index (χ1n) is 7.33.